The number of aliphatic carboxylic acids is 1. The Balaban J connectivity index is 1.87. The Morgan fingerprint density at radius 2 is 1.84 bits per heavy atom. The number of hydrogen-bond donors (Lipinski definition) is 2. The molecule has 0 saturated heterocycles. The van der Waals surface area contributed by atoms with Crippen LogP contribution in [0, 0.1) is 0 Å². The number of benzene rings is 2. The van der Waals surface area contributed by atoms with Gasteiger partial charge in [-0.2, -0.15) is 13.2 Å². The lowest BCUT2D eigenvalue weighted by Crippen LogP contribution is -2.34. The summed E-state index contributed by atoms with van der Waals surface area (Å²) < 4.78 is 74.2. The zero-order chi connectivity index (χ0) is 27.3. The molecule has 9 nitrogen and oxygen atoms in total. The smallest absolute Gasteiger partial charge is 0.416 e. The van der Waals surface area contributed by atoms with E-state index in [4.69, 9.17) is 4.74 Å². The summed E-state index contributed by atoms with van der Waals surface area (Å²) in [6.07, 6.45) is -4.65. The van der Waals surface area contributed by atoms with Crippen molar-refractivity contribution in [3.8, 4) is 0 Å². The number of carbonyl (C=O) groups excluding carboxylic acids is 1. The molecule has 0 atom stereocenters. The molecule has 0 aliphatic heterocycles. The second-order valence-electron chi connectivity index (χ2n) is 8.61. The third kappa shape index (κ3) is 5.17. The maximum absolute atomic E-state index is 13.8. The van der Waals surface area contributed by atoms with Gasteiger partial charge in [-0.05, 0) is 56.3 Å². The van der Waals surface area contributed by atoms with E-state index < -0.39 is 39.9 Å². The Kier molecular flexibility index (Phi) is 6.55. The van der Waals surface area contributed by atoms with Crippen LogP contribution in [0.25, 0.3) is 21.1 Å². The zero-order valence-electron chi connectivity index (χ0n) is 19.6. The van der Waals surface area contributed by atoms with E-state index in [1.165, 1.54) is 45.0 Å². The monoisotopic (exact) mass is 555 g/mol. The minimum absolute atomic E-state index is 0.0167. The lowest BCUT2D eigenvalue weighted by molar-refractivity contribution is -0.162. The molecule has 0 unspecified atom stereocenters. The first kappa shape index (κ1) is 26.6. The summed E-state index contributed by atoms with van der Waals surface area (Å²) in [4.78, 5) is 26.8. The number of nitrogens with zero attached hydrogens (tertiary/aromatic N) is 2. The number of alkyl halides is 3. The Morgan fingerprint density at radius 1 is 1.14 bits per heavy atom. The summed E-state index contributed by atoms with van der Waals surface area (Å²) in [6.45, 7) is 3.33. The molecule has 0 saturated carbocycles. The van der Waals surface area contributed by atoms with Crippen LogP contribution in [0.2, 0.25) is 0 Å². The number of anilines is 1. The van der Waals surface area contributed by atoms with Crippen molar-refractivity contribution < 1.29 is 41.0 Å². The van der Waals surface area contributed by atoms with Gasteiger partial charge >= 0.3 is 12.1 Å². The number of fused-ring (bicyclic) bond motifs is 2. The minimum Gasteiger partial charge on any atom is -0.479 e. The fourth-order valence-electron chi connectivity index (χ4n) is 3.50. The van der Waals surface area contributed by atoms with Crippen LogP contribution in [0.3, 0.4) is 0 Å². The van der Waals surface area contributed by atoms with Crippen molar-refractivity contribution in [1.82, 2.24) is 8.96 Å². The largest absolute Gasteiger partial charge is 0.479 e. The standard InChI is InChI=1S/C23H20F3N3O6S2/c1-12(30)27-21-28-17-6-5-16(10-19(17)36-21)37(33,34)29-15(11-35-22(2,3)20(31)32)9-13-8-14(23(24,25)26)4-7-18(13)29/h4-10H,11H2,1-3H3,(H,31,32)(H,27,28,30). The summed E-state index contributed by atoms with van der Waals surface area (Å²) >= 11 is 1.05. The predicted octanol–water partition coefficient (Wildman–Crippen LogP) is 4.85. The van der Waals surface area contributed by atoms with Crippen molar-refractivity contribution in [1.29, 1.82) is 0 Å². The molecule has 0 aliphatic rings. The van der Waals surface area contributed by atoms with Gasteiger partial charge < -0.3 is 15.2 Å². The highest BCUT2D eigenvalue weighted by atomic mass is 32.2. The first-order valence-corrected chi connectivity index (χ1v) is 12.9. The number of carboxylic acids is 1. The van der Waals surface area contributed by atoms with Gasteiger partial charge in [0.05, 0.1) is 38.5 Å². The van der Waals surface area contributed by atoms with Gasteiger partial charge in [0, 0.05) is 12.3 Å². The number of ether oxygens (including phenoxy) is 1. The second-order valence-corrected chi connectivity index (χ2v) is 11.4. The lowest BCUT2D eigenvalue weighted by Gasteiger charge is -2.21. The molecule has 0 spiro atoms. The van der Waals surface area contributed by atoms with Crippen LogP contribution >= 0.6 is 11.3 Å². The molecule has 0 fully saturated rings. The van der Waals surface area contributed by atoms with Crippen molar-refractivity contribution >= 4 is 59.5 Å². The van der Waals surface area contributed by atoms with Crippen molar-refractivity contribution in [3.05, 3.63) is 53.7 Å². The molecule has 2 N–H and O–H groups in total. The van der Waals surface area contributed by atoms with E-state index in [0.717, 1.165) is 33.5 Å². The third-order valence-electron chi connectivity index (χ3n) is 5.43. The molecule has 2 heterocycles. The van der Waals surface area contributed by atoms with Gasteiger partial charge in [-0.25, -0.2) is 22.2 Å². The van der Waals surface area contributed by atoms with E-state index in [-0.39, 0.29) is 32.5 Å². The fourth-order valence-corrected chi connectivity index (χ4v) is 6.08. The minimum atomic E-state index is -4.65. The van der Waals surface area contributed by atoms with E-state index >= 15 is 0 Å². The van der Waals surface area contributed by atoms with Gasteiger partial charge in [-0.15, -0.1) is 0 Å². The fraction of sp³-hybridized carbons (Fsp3) is 0.261. The Morgan fingerprint density at radius 3 is 2.46 bits per heavy atom. The zero-order valence-corrected chi connectivity index (χ0v) is 21.2. The van der Waals surface area contributed by atoms with Gasteiger partial charge in [0.1, 0.15) is 0 Å². The van der Waals surface area contributed by atoms with E-state index in [0.29, 0.717) is 10.2 Å². The highest BCUT2D eigenvalue weighted by Crippen LogP contribution is 2.35. The van der Waals surface area contributed by atoms with Crippen LogP contribution in [-0.2, 0) is 37.1 Å². The molecule has 37 heavy (non-hydrogen) atoms. The second kappa shape index (κ2) is 9.11. The Hall–Kier alpha value is -3.49. The number of halogens is 3. The number of nitrogens with one attached hydrogen (secondary N) is 1. The number of carboxylic acid groups (broad SMARTS) is 1. The molecular formula is C23H20F3N3O6S2. The third-order valence-corrected chi connectivity index (χ3v) is 8.13. The number of thiazole rings is 1. The van der Waals surface area contributed by atoms with Gasteiger partial charge in [-0.1, -0.05) is 11.3 Å². The predicted molar refractivity (Wildman–Crippen MR) is 130 cm³/mol. The van der Waals surface area contributed by atoms with Crippen molar-refractivity contribution in [2.45, 2.75) is 44.1 Å². The highest BCUT2D eigenvalue weighted by molar-refractivity contribution is 7.90. The molecule has 14 heteroatoms. The molecule has 4 aromatic rings. The highest BCUT2D eigenvalue weighted by Gasteiger charge is 2.33. The van der Waals surface area contributed by atoms with Crippen LogP contribution in [-0.4, -0.2) is 40.0 Å². The lowest BCUT2D eigenvalue weighted by atomic mass is 10.1. The van der Waals surface area contributed by atoms with Crippen molar-refractivity contribution in [2.75, 3.05) is 5.32 Å². The molecule has 2 aromatic carbocycles. The van der Waals surface area contributed by atoms with Crippen LogP contribution in [0.1, 0.15) is 32.0 Å². The quantitative estimate of drug-likeness (QED) is 0.334. The topological polar surface area (TPSA) is 128 Å². The molecule has 196 valence electrons. The summed E-state index contributed by atoms with van der Waals surface area (Å²) in [7, 11) is -4.39. The average molecular weight is 556 g/mol. The van der Waals surface area contributed by atoms with Gasteiger partial charge in [0.25, 0.3) is 10.0 Å². The summed E-state index contributed by atoms with van der Waals surface area (Å²) in [5.74, 6) is -1.65. The van der Waals surface area contributed by atoms with Crippen molar-refractivity contribution in [2.24, 2.45) is 0 Å². The van der Waals surface area contributed by atoms with Crippen LogP contribution < -0.4 is 5.32 Å². The molecule has 0 radical (unpaired) electrons. The molecule has 0 bridgehead atoms. The molecule has 1 amide bonds. The number of hydrogen-bond acceptors (Lipinski definition) is 7. The molecule has 2 aromatic heterocycles. The number of aromatic nitrogens is 2. The summed E-state index contributed by atoms with van der Waals surface area (Å²) in [5.41, 5.74) is -2.32. The van der Waals surface area contributed by atoms with E-state index in [2.05, 4.69) is 10.3 Å². The average Bonchev–Trinajstić information content (AvgIpc) is 3.35. The maximum atomic E-state index is 13.8. The summed E-state index contributed by atoms with van der Waals surface area (Å²) in [6, 6.07) is 7.93. The van der Waals surface area contributed by atoms with Crippen LogP contribution in [0.5, 0.6) is 0 Å². The maximum Gasteiger partial charge on any atom is 0.416 e. The molecule has 0 aliphatic carbocycles. The van der Waals surface area contributed by atoms with Crippen LogP contribution in [0.4, 0.5) is 18.3 Å². The number of amides is 1. The molecular weight excluding hydrogens is 535 g/mol. The van der Waals surface area contributed by atoms with Gasteiger partial charge in [0.2, 0.25) is 5.91 Å². The van der Waals surface area contributed by atoms with E-state index in [9.17, 15) is 36.3 Å². The Labute approximate surface area is 212 Å². The SMILES string of the molecule is CC(=O)Nc1nc2ccc(S(=O)(=O)n3c(COC(C)(C)C(=O)O)cc4cc(C(F)(F)F)ccc43)cc2s1. The van der Waals surface area contributed by atoms with Gasteiger partial charge in [-0.3, -0.25) is 4.79 Å². The first-order valence-electron chi connectivity index (χ1n) is 10.6. The van der Waals surface area contributed by atoms with E-state index in [1.807, 2.05) is 0 Å². The molecule has 4 rings (SSSR count). The van der Waals surface area contributed by atoms with Crippen molar-refractivity contribution in [3.63, 3.8) is 0 Å². The summed E-state index contributed by atoms with van der Waals surface area (Å²) in [5, 5.41) is 12.1. The first-order chi connectivity index (χ1) is 17.1. The van der Waals surface area contributed by atoms with Gasteiger partial charge in [0.15, 0.2) is 10.7 Å². The number of rotatable bonds is 7. The van der Waals surface area contributed by atoms with E-state index in [1.54, 1.807) is 0 Å². The van der Waals surface area contributed by atoms with Crippen LogP contribution in [0.15, 0.2) is 47.4 Å². The Bertz CT molecular complexity index is 1660. The number of carbonyl (C=O) groups is 2. The normalized spacial score (nSPS) is 12.8.